The standard InChI is InChI=1S/C29H29ClN2O3/c1-5-31(6-2)23-14-10-20(11-15-23)26-25(27(33)21-8-12-22(30)13-9-21)28(34)29(35)32(26)24-16-7-18(3)17-19(24)4/h7-17,26,33H,5-6H2,1-4H3/b27-25+. The first-order valence-corrected chi connectivity index (χ1v) is 12.1. The van der Waals surface area contributed by atoms with Crippen LogP contribution in [-0.4, -0.2) is 29.9 Å². The van der Waals surface area contributed by atoms with E-state index in [0.29, 0.717) is 16.3 Å². The number of halogens is 1. The van der Waals surface area contributed by atoms with Gasteiger partial charge in [-0.1, -0.05) is 41.4 Å². The van der Waals surface area contributed by atoms with Crippen molar-refractivity contribution in [3.05, 3.63) is 99.6 Å². The largest absolute Gasteiger partial charge is 0.507 e. The van der Waals surface area contributed by atoms with Gasteiger partial charge < -0.3 is 10.0 Å². The molecular weight excluding hydrogens is 460 g/mol. The zero-order valence-corrected chi connectivity index (χ0v) is 21.1. The Morgan fingerprint density at radius 2 is 1.57 bits per heavy atom. The molecule has 6 heteroatoms. The van der Waals surface area contributed by atoms with Crippen LogP contribution in [0.1, 0.15) is 42.1 Å². The molecule has 0 aromatic heterocycles. The van der Waals surface area contributed by atoms with Gasteiger partial charge >= 0.3 is 0 Å². The summed E-state index contributed by atoms with van der Waals surface area (Å²) in [5, 5.41) is 11.8. The molecule has 1 amide bonds. The molecule has 1 atom stereocenters. The number of aliphatic hydroxyl groups excluding tert-OH is 1. The number of anilines is 2. The molecule has 1 N–H and O–H groups in total. The van der Waals surface area contributed by atoms with Crippen LogP contribution in [0.3, 0.4) is 0 Å². The first-order valence-electron chi connectivity index (χ1n) is 11.8. The molecule has 3 aromatic rings. The molecule has 4 rings (SSSR count). The lowest BCUT2D eigenvalue weighted by atomic mass is 9.94. The number of Topliss-reactive ketones (excluding diaryl/α,β-unsaturated/α-hetero) is 1. The Labute approximate surface area is 211 Å². The van der Waals surface area contributed by atoms with E-state index in [4.69, 9.17) is 11.6 Å². The zero-order chi connectivity index (χ0) is 25.3. The van der Waals surface area contributed by atoms with Crippen molar-refractivity contribution >= 4 is 40.4 Å². The second-order valence-corrected chi connectivity index (χ2v) is 9.17. The number of carbonyl (C=O) groups is 2. The molecule has 180 valence electrons. The van der Waals surface area contributed by atoms with E-state index in [1.165, 1.54) is 4.90 Å². The van der Waals surface area contributed by atoms with E-state index in [9.17, 15) is 14.7 Å². The van der Waals surface area contributed by atoms with Gasteiger partial charge in [-0.3, -0.25) is 14.5 Å². The minimum atomic E-state index is -0.766. The van der Waals surface area contributed by atoms with Crippen LogP contribution in [0.25, 0.3) is 5.76 Å². The lowest BCUT2D eigenvalue weighted by molar-refractivity contribution is -0.132. The minimum absolute atomic E-state index is 0.0629. The van der Waals surface area contributed by atoms with Crippen molar-refractivity contribution in [1.29, 1.82) is 0 Å². The predicted octanol–water partition coefficient (Wildman–Crippen LogP) is 6.43. The van der Waals surface area contributed by atoms with Crippen LogP contribution in [0.2, 0.25) is 5.02 Å². The molecule has 0 spiro atoms. The number of rotatable bonds is 6. The summed E-state index contributed by atoms with van der Waals surface area (Å²) in [5.41, 5.74) is 4.87. The summed E-state index contributed by atoms with van der Waals surface area (Å²) in [6.07, 6.45) is 0. The molecular formula is C29H29ClN2O3. The first kappa shape index (κ1) is 24.6. The van der Waals surface area contributed by atoms with E-state index in [2.05, 4.69) is 18.7 Å². The molecule has 0 saturated carbocycles. The van der Waals surface area contributed by atoms with Crippen LogP contribution >= 0.6 is 11.6 Å². The van der Waals surface area contributed by atoms with Gasteiger partial charge in [-0.2, -0.15) is 0 Å². The van der Waals surface area contributed by atoms with Gasteiger partial charge in [0.05, 0.1) is 11.6 Å². The number of amides is 1. The Morgan fingerprint density at radius 1 is 0.943 bits per heavy atom. The molecule has 3 aromatic carbocycles. The Bertz CT molecular complexity index is 1290. The highest BCUT2D eigenvalue weighted by Crippen LogP contribution is 2.43. The molecule has 0 radical (unpaired) electrons. The summed E-state index contributed by atoms with van der Waals surface area (Å²) in [7, 11) is 0. The normalized spacial score (nSPS) is 17.2. The van der Waals surface area contributed by atoms with Gasteiger partial charge in [0.1, 0.15) is 5.76 Å². The predicted molar refractivity (Wildman–Crippen MR) is 142 cm³/mol. The number of nitrogens with zero attached hydrogens (tertiary/aromatic N) is 2. The minimum Gasteiger partial charge on any atom is -0.507 e. The number of hydrogen-bond donors (Lipinski definition) is 1. The third kappa shape index (κ3) is 4.56. The fraction of sp³-hybridized carbons (Fsp3) is 0.241. The summed E-state index contributed by atoms with van der Waals surface area (Å²) in [5.74, 6) is -1.59. The monoisotopic (exact) mass is 488 g/mol. The van der Waals surface area contributed by atoms with Crippen molar-refractivity contribution in [2.24, 2.45) is 0 Å². The van der Waals surface area contributed by atoms with E-state index in [0.717, 1.165) is 35.5 Å². The van der Waals surface area contributed by atoms with Crippen LogP contribution in [0.4, 0.5) is 11.4 Å². The van der Waals surface area contributed by atoms with Crippen molar-refractivity contribution in [2.75, 3.05) is 22.9 Å². The zero-order valence-electron chi connectivity index (χ0n) is 20.4. The lowest BCUT2D eigenvalue weighted by Crippen LogP contribution is -2.30. The van der Waals surface area contributed by atoms with Gasteiger partial charge in [-0.05, 0) is 81.3 Å². The fourth-order valence-electron chi connectivity index (χ4n) is 4.69. The molecule has 1 unspecified atom stereocenters. The molecule has 1 saturated heterocycles. The van der Waals surface area contributed by atoms with Gasteiger partial charge in [-0.15, -0.1) is 0 Å². The number of aliphatic hydroxyl groups is 1. The second-order valence-electron chi connectivity index (χ2n) is 8.73. The number of hydrogen-bond acceptors (Lipinski definition) is 4. The average molecular weight is 489 g/mol. The highest BCUT2D eigenvalue weighted by Gasteiger charge is 2.47. The van der Waals surface area contributed by atoms with Crippen molar-refractivity contribution in [3.8, 4) is 0 Å². The highest BCUT2D eigenvalue weighted by molar-refractivity contribution is 6.51. The van der Waals surface area contributed by atoms with Crippen LogP contribution in [-0.2, 0) is 9.59 Å². The maximum Gasteiger partial charge on any atom is 0.300 e. The van der Waals surface area contributed by atoms with Crippen molar-refractivity contribution in [2.45, 2.75) is 33.7 Å². The number of ketones is 1. The van der Waals surface area contributed by atoms with Gasteiger partial charge in [0.15, 0.2) is 0 Å². The van der Waals surface area contributed by atoms with Crippen molar-refractivity contribution in [1.82, 2.24) is 0 Å². The van der Waals surface area contributed by atoms with Gasteiger partial charge in [0, 0.05) is 35.1 Å². The van der Waals surface area contributed by atoms with E-state index < -0.39 is 17.7 Å². The van der Waals surface area contributed by atoms with Crippen LogP contribution in [0, 0.1) is 13.8 Å². The second kappa shape index (κ2) is 9.96. The number of carbonyl (C=O) groups excluding carboxylic acids is 2. The average Bonchev–Trinajstić information content (AvgIpc) is 3.11. The van der Waals surface area contributed by atoms with E-state index in [-0.39, 0.29) is 11.3 Å². The Kier molecular flexibility index (Phi) is 6.99. The third-order valence-corrected chi connectivity index (χ3v) is 6.76. The molecule has 0 bridgehead atoms. The van der Waals surface area contributed by atoms with Gasteiger partial charge in [0.25, 0.3) is 11.7 Å². The van der Waals surface area contributed by atoms with E-state index >= 15 is 0 Å². The fourth-order valence-corrected chi connectivity index (χ4v) is 4.82. The summed E-state index contributed by atoms with van der Waals surface area (Å²) in [4.78, 5) is 30.5. The summed E-state index contributed by atoms with van der Waals surface area (Å²) >= 11 is 6.02. The highest BCUT2D eigenvalue weighted by atomic mass is 35.5. The molecule has 1 fully saturated rings. The Balaban J connectivity index is 1.92. The van der Waals surface area contributed by atoms with Crippen LogP contribution in [0.5, 0.6) is 0 Å². The quantitative estimate of drug-likeness (QED) is 0.247. The topological polar surface area (TPSA) is 60.9 Å². The Hall–Kier alpha value is -3.57. The van der Waals surface area contributed by atoms with Crippen LogP contribution < -0.4 is 9.80 Å². The molecule has 1 aliphatic heterocycles. The number of benzene rings is 3. The first-order chi connectivity index (χ1) is 16.8. The van der Waals surface area contributed by atoms with E-state index in [1.54, 1.807) is 24.3 Å². The SMILES string of the molecule is CCN(CC)c1ccc(C2/C(=C(\O)c3ccc(Cl)cc3)C(=O)C(=O)N2c2ccc(C)cc2C)cc1. The lowest BCUT2D eigenvalue weighted by Gasteiger charge is -2.28. The summed E-state index contributed by atoms with van der Waals surface area (Å²) < 4.78 is 0. The number of aryl methyl sites for hydroxylation is 2. The smallest absolute Gasteiger partial charge is 0.300 e. The Morgan fingerprint density at radius 3 is 2.14 bits per heavy atom. The van der Waals surface area contributed by atoms with Crippen molar-refractivity contribution < 1.29 is 14.7 Å². The summed E-state index contributed by atoms with van der Waals surface area (Å²) in [6.45, 7) is 9.83. The molecule has 1 aliphatic rings. The van der Waals surface area contributed by atoms with E-state index in [1.807, 2.05) is 56.3 Å². The molecule has 1 heterocycles. The van der Waals surface area contributed by atoms with Crippen LogP contribution in [0.15, 0.2) is 72.3 Å². The maximum absolute atomic E-state index is 13.4. The maximum atomic E-state index is 13.4. The van der Waals surface area contributed by atoms with Gasteiger partial charge in [-0.25, -0.2) is 0 Å². The molecule has 0 aliphatic carbocycles. The summed E-state index contributed by atoms with van der Waals surface area (Å²) in [6, 6.07) is 19.4. The molecule has 5 nitrogen and oxygen atoms in total. The third-order valence-electron chi connectivity index (χ3n) is 6.51. The van der Waals surface area contributed by atoms with Gasteiger partial charge in [0.2, 0.25) is 0 Å². The van der Waals surface area contributed by atoms with Crippen molar-refractivity contribution in [3.63, 3.8) is 0 Å². The molecule has 35 heavy (non-hydrogen) atoms.